The quantitative estimate of drug-likeness (QED) is 0.558. The molecule has 0 amide bonds. The van der Waals surface area contributed by atoms with Crippen molar-refractivity contribution >= 4 is 0 Å². The van der Waals surface area contributed by atoms with E-state index in [9.17, 15) is 0 Å². The minimum Gasteiger partial charge on any atom is -0.0999 e. The molecule has 1 aliphatic carbocycles. The SMILES string of the molecule is C=C(C)C(C)CC1CCC(C(C)(C)C)CC1. The van der Waals surface area contributed by atoms with Crippen LogP contribution in [-0.2, 0) is 0 Å². The van der Waals surface area contributed by atoms with Crippen LogP contribution >= 0.6 is 0 Å². The average molecular weight is 222 g/mol. The van der Waals surface area contributed by atoms with E-state index in [4.69, 9.17) is 0 Å². The van der Waals surface area contributed by atoms with Gasteiger partial charge in [0.1, 0.15) is 0 Å². The summed E-state index contributed by atoms with van der Waals surface area (Å²) in [4.78, 5) is 0. The third kappa shape index (κ3) is 3.96. The fourth-order valence-electron chi connectivity index (χ4n) is 2.97. The van der Waals surface area contributed by atoms with Crippen LogP contribution < -0.4 is 0 Å². The Morgan fingerprint density at radius 2 is 1.69 bits per heavy atom. The lowest BCUT2D eigenvalue weighted by Crippen LogP contribution is -2.26. The van der Waals surface area contributed by atoms with Crippen LogP contribution in [0.15, 0.2) is 12.2 Å². The number of allylic oxidation sites excluding steroid dienone is 1. The van der Waals surface area contributed by atoms with E-state index in [-0.39, 0.29) is 0 Å². The van der Waals surface area contributed by atoms with Crippen LogP contribution in [0.2, 0.25) is 0 Å². The maximum Gasteiger partial charge on any atom is -0.0234 e. The number of rotatable bonds is 3. The Balaban J connectivity index is 2.35. The predicted molar refractivity (Wildman–Crippen MR) is 73.5 cm³/mol. The first-order chi connectivity index (χ1) is 7.30. The van der Waals surface area contributed by atoms with Gasteiger partial charge in [0.05, 0.1) is 0 Å². The summed E-state index contributed by atoms with van der Waals surface area (Å²) in [6.45, 7) is 15.8. The van der Waals surface area contributed by atoms with Crippen LogP contribution in [0, 0.1) is 23.2 Å². The summed E-state index contributed by atoms with van der Waals surface area (Å²) < 4.78 is 0. The summed E-state index contributed by atoms with van der Waals surface area (Å²) in [6, 6.07) is 0. The molecule has 1 aliphatic rings. The van der Waals surface area contributed by atoms with Gasteiger partial charge >= 0.3 is 0 Å². The summed E-state index contributed by atoms with van der Waals surface area (Å²) in [5.74, 6) is 2.63. The summed E-state index contributed by atoms with van der Waals surface area (Å²) in [5.41, 5.74) is 1.88. The molecule has 0 aromatic rings. The van der Waals surface area contributed by atoms with Gasteiger partial charge in [-0.25, -0.2) is 0 Å². The van der Waals surface area contributed by atoms with Crippen molar-refractivity contribution in [2.24, 2.45) is 23.2 Å². The van der Waals surface area contributed by atoms with Gasteiger partial charge in [-0.05, 0) is 49.4 Å². The van der Waals surface area contributed by atoms with Crippen LogP contribution in [0.5, 0.6) is 0 Å². The van der Waals surface area contributed by atoms with E-state index >= 15 is 0 Å². The molecular weight excluding hydrogens is 192 g/mol. The molecule has 0 heterocycles. The maximum absolute atomic E-state index is 4.07. The largest absolute Gasteiger partial charge is 0.0999 e. The molecule has 1 fully saturated rings. The Morgan fingerprint density at radius 3 is 2.06 bits per heavy atom. The van der Waals surface area contributed by atoms with Crippen LogP contribution in [0.4, 0.5) is 0 Å². The van der Waals surface area contributed by atoms with Crippen molar-refractivity contribution in [2.75, 3.05) is 0 Å². The molecule has 0 N–H and O–H groups in total. The fourth-order valence-corrected chi connectivity index (χ4v) is 2.97. The fraction of sp³-hybridized carbons (Fsp3) is 0.875. The lowest BCUT2D eigenvalue weighted by molar-refractivity contribution is 0.142. The first-order valence-corrected chi connectivity index (χ1v) is 6.96. The van der Waals surface area contributed by atoms with Gasteiger partial charge < -0.3 is 0 Å². The second kappa shape index (κ2) is 5.38. The van der Waals surface area contributed by atoms with Gasteiger partial charge in [-0.1, -0.05) is 52.7 Å². The van der Waals surface area contributed by atoms with Crippen LogP contribution in [-0.4, -0.2) is 0 Å². The van der Waals surface area contributed by atoms with Crippen LogP contribution in [0.3, 0.4) is 0 Å². The molecule has 1 rings (SSSR count). The highest BCUT2D eigenvalue weighted by Crippen LogP contribution is 2.41. The van der Waals surface area contributed by atoms with E-state index in [1.165, 1.54) is 37.7 Å². The van der Waals surface area contributed by atoms with Crippen molar-refractivity contribution in [2.45, 2.75) is 66.7 Å². The van der Waals surface area contributed by atoms with Gasteiger partial charge in [0.2, 0.25) is 0 Å². The van der Waals surface area contributed by atoms with Gasteiger partial charge in [0.15, 0.2) is 0 Å². The smallest absolute Gasteiger partial charge is 0.0234 e. The van der Waals surface area contributed by atoms with Crippen molar-refractivity contribution in [3.63, 3.8) is 0 Å². The highest BCUT2D eigenvalue weighted by molar-refractivity contribution is 4.95. The predicted octanol–water partition coefficient (Wildman–Crippen LogP) is 5.44. The second-order valence-electron chi connectivity index (χ2n) is 7.07. The van der Waals surface area contributed by atoms with Gasteiger partial charge in [-0.3, -0.25) is 0 Å². The lowest BCUT2D eigenvalue weighted by atomic mass is 9.68. The Bertz CT molecular complexity index is 223. The minimum absolute atomic E-state index is 0.519. The monoisotopic (exact) mass is 222 g/mol. The molecule has 0 spiro atoms. The summed E-state index contributed by atoms with van der Waals surface area (Å²) in [7, 11) is 0. The molecule has 1 unspecified atom stereocenters. The zero-order valence-corrected chi connectivity index (χ0v) is 12.0. The zero-order valence-electron chi connectivity index (χ0n) is 12.0. The standard InChI is InChI=1S/C16H30/c1-12(2)13(3)11-14-7-9-15(10-8-14)16(4,5)6/h13-15H,1,7-11H2,2-6H3. The van der Waals surface area contributed by atoms with E-state index < -0.39 is 0 Å². The van der Waals surface area contributed by atoms with Crippen molar-refractivity contribution in [3.05, 3.63) is 12.2 Å². The highest BCUT2D eigenvalue weighted by atomic mass is 14.3. The van der Waals surface area contributed by atoms with E-state index in [0.717, 1.165) is 17.8 Å². The van der Waals surface area contributed by atoms with E-state index in [2.05, 4.69) is 41.2 Å². The molecule has 0 aromatic heterocycles. The van der Waals surface area contributed by atoms with Gasteiger partial charge in [0, 0.05) is 0 Å². The molecule has 94 valence electrons. The molecule has 0 bridgehead atoms. The lowest BCUT2D eigenvalue weighted by Gasteiger charge is -2.37. The molecule has 0 saturated heterocycles. The average Bonchev–Trinajstić information content (AvgIpc) is 2.17. The molecular formula is C16H30. The first-order valence-electron chi connectivity index (χ1n) is 6.96. The topological polar surface area (TPSA) is 0 Å². The van der Waals surface area contributed by atoms with Gasteiger partial charge in [-0.15, -0.1) is 0 Å². The van der Waals surface area contributed by atoms with Crippen LogP contribution in [0.25, 0.3) is 0 Å². The Morgan fingerprint density at radius 1 is 1.19 bits per heavy atom. The zero-order chi connectivity index (χ0) is 12.3. The van der Waals surface area contributed by atoms with E-state index in [0.29, 0.717) is 5.41 Å². The Kier molecular flexibility index (Phi) is 4.64. The summed E-state index contributed by atoms with van der Waals surface area (Å²) in [6.07, 6.45) is 7.14. The van der Waals surface area contributed by atoms with E-state index in [1.807, 2.05) is 0 Å². The normalized spacial score (nSPS) is 28.8. The second-order valence-corrected chi connectivity index (χ2v) is 7.07. The molecule has 1 saturated carbocycles. The molecule has 0 radical (unpaired) electrons. The Hall–Kier alpha value is -0.260. The third-order valence-corrected chi connectivity index (χ3v) is 4.60. The summed E-state index contributed by atoms with van der Waals surface area (Å²) >= 11 is 0. The molecule has 0 aliphatic heterocycles. The Labute approximate surface area is 103 Å². The molecule has 0 aromatic carbocycles. The van der Waals surface area contributed by atoms with Crippen molar-refractivity contribution in [1.82, 2.24) is 0 Å². The first kappa shape index (κ1) is 13.8. The van der Waals surface area contributed by atoms with Gasteiger partial charge in [0.25, 0.3) is 0 Å². The van der Waals surface area contributed by atoms with Crippen LogP contribution in [0.1, 0.15) is 66.7 Å². The molecule has 1 atom stereocenters. The third-order valence-electron chi connectivity index (χ3n) is 4.60. The van der Waals surface area contributed by atoms with Crippen molar-refractivity contribution in [1.29, 1.82) is 0 Å². The molecule has 0 nitrogen and oxygen atoms in total. The molecule has 0 heteroatoms. The van der Waals surface area contributed by atoms with Gasteiger partial charge in [-0.2, -0.15) is 0 Å². The minimum atomic E-state index is 0.519. The number of hydrogen-bond donors (Lipinski definition) is 0. The van der Waals surface area contributed by atoms with E-state index in [1.54, 1.807) is 0 Å². The van der Waals surface area contributed by atoms with Crippen molar-refractivity contribution in [3.8, 4) is 0 Å². The highest BCUT2D eigenvalue weighted by Gasteiger charge is 2.29. The number of hydrogen-bond acceptors (Lipinski definition) is 0. The summed E-state index contributed by atoms with van der Waals surface area (Å²) in [5, 5.41) is 0. The maximum atomic E-state index is 4.07. The molecule has 16 heavy (non-hydrogen) atoms. The van der Waals surface area contributed by atoms with Crippen molar-refractivity contribution < 1.29 is 0 Å².